The molecule has 2 saturated heterocycles. The SMILES string of the molecule is NC(=O)CC[C@@H]1NC(=O)[C@H](Cc2ccccc2)NC(=O)[C@H](Cc2ccc(O)cc2)NC(=O)[C@@H](N)CSSC[C@@H](C(=O)N2CCC[C@H]2C(=O)N[C@@H](CCCN=C(N)N)C(=O)O)NC(=O)[C@H](CC(N)=O)NC1=O. The predicted octanol–water partition coefficient (Wildman–Crippen LogP) is -3.92. The van der Waals surface area contributed by atoms with Gasteiger partial charge in [0, 0.05) is 43.9 Å². The summed E-state index contributed by atoms with van der Waals surface area (Å²) in [4.78, 5) is 140. The normalized spacial score (nSPS) is 23.3. The van der Waals surface area contributed by atoms with E-state index >= 15 is 0 Å². The molecule has 0 aromatic heterocycles. The van der Waals surface area contributed by atoms with Crippen LogP contribution in [0.4, 0.5) is 0 Å². The van der Waals surface area contributed by atoms with Gasteiger partial charge in [0.15, 0.2) is 5.96 Å². The van der Waals surface area contributed by atoms with Crippen LogP contribution in [0.1, 0.15) is 56.1 Å². The van der Waals surface area contributed by atoms with E-state index in [1.807, 2.05) is 0 Å². The zero-order valence-corrected chi connectivity index (χ0v) is 40.2. The number of carboxylic acid groups (broad SMARTS) is 1. The van der Waals surface area contributed by atoms with Crippen molar-refractivity contribution < 1.29 is 58.2 Å². The lowest BCUT2D eigenvalue weighted by Gasteiger charge is -2.30. The number of aliphatic imine (C=N–C) groups is 1. The highest BCUT2D eigenvalue weighted by molar-refractivity contribution is 8.76. The van der Waals surface area contributed by atoms with E-state index in [4.69, 9.17) is 28.7 Å². The molecule has 27 heteroatoms. The van der Waals surface area contributed by atoms with Crippen molar-refractivity contribution in [3.8, 4) is 5.75 Å². The van der Waals surface area contributed by atoms with Crippen molar-refractivity contribution in [1.82, 2.24) is 36.8 Å². The summed E-state index contributed by atoms with van der Waals surface area (Å²) in [6.45, 7) is 0.109. The van der Waals surface area contributed by atoms with E-state index in [2.05, 4.69) is 36.9 Å². The third-order valence-electron chi connectivity index (χ3n) is 11.2. The molecular weight excluding hydrogens is 967 g/mol. The molecular formula is C44H61N13O12S2. The maximum atomic E-state index is 14.4. The van der Waals surface area contributed by atoms with Gasteiger partial charge in [0.25, 0.3) is 0 Å². The van der Waals surface area contributed by atoms with Crippen molar-refractivity contribution in [3.63, 3.8) is 0 Å². The quantitative estimate of drug-likeness (QED) is 0.0312. The topological polar surface area (TPSA) is 429 Å². The van der Waals surface area contributed by atoms with Crippen molar-refractivity contribution >= 4 is 86.7 Å². The Bertz CT molecular complexity index is 2270. The number of hydrogen-bond acceptors (Lipinski definition) is 15. The molecule has 4 rings (SSSR count). The van der Waals surface area contributed by atoms with Crippen molar-refractivity contribution in [1.29, 1.82) is 0 Å². The Hall–Kier alpha value is -7.13. The van der Waals surface area contributed by atoms with Crippen LogP contribution in [0.15, 0.2) is 59.6 Å². The summed E-state index contributed by atoms with van der Waals surface area (Å²) in [5.41, 5.74) is 29.0. The highest BCUT2D eigenvalue weighted by Crippen LogP contribution is 2.26. The number of amides is 9. The molecule has 0 unspecified atom stereocenters. The number of guanidine groups is 1. The lowest BCUT2D eigenvalue weighted by molar-refractivity contribution is -0.145. The van der Waals surface area contributed by atoms with Crippen molar-refractivity contribution in [3.05, 3.63) is 65.7 Å². The number of hydrogen-bond donors (Lipinski definition) is 13. The van der Waals surface area contributed by atoms with Gasteiger partial charge in [0.2, 0.25) is 53.2 Å². The first kappa shape index (κ1) is 56.5. The summed E-state index contributed by atoms with van der Waals surface area (Å²) in [7, 11) is 2.00. The summed E-state index contributed by atoms with van der Waals surface area (Å²) in [5, 5.41) is 34.9. The van der Waals surface area contributed by atoms with Crippen molar-refractivity contribution in [2.24, 2.45) is 33.7 Å². The Balaban J connectivity index is 1.70. The van der Waals surface area contributed by atoms with Crippen LogP contribution in [0.2, 0.25) is 0 Å². The van der Waals surface area contributed by atoms with Crippen LogP contribution in [0, 0.1) is 0 Å². The highest BCUT2D eigenvalue weighted by Gasteiger charge is 2.40. The largest absolute Gasteiger partial charge is 0.508 e. The van der Waals surface area contributed by atoms with E-state index in [9.17, 15) is 58.2 Å². The molecule has 8 atom stereocenters. The van der Waals surface area contributed by atoms with Crippen LogP contribution in [0.5, 0.6) is 5.75 Å². The Kier molecular flexibility index (Phi) is 22.2. The monoisotopic (exact) mass is 1030 g/mol. The van der Waals surface area contributed by atoms with Crippen LogP contribution in [0.3, 0.4) is 0 Å². The van der Waals surface area contributed by atoms with Crippen molar-refractivity contribution in [2.45, 2.75) is 106 Å². The second-order valence-corrected chi connectivity index (χ2v) is 19.3. The first-order valence-corrected chi connectivity index (χ1v) is 25.0. The van der Waals surface area contributed by atoms with Gasteiger partial charge in [-0.05, 0) is 55.4 Å². The van der Waals surface area contributed by atoms with Crippen LogP contribution < -0.4 is 60.6 Å². The number of nitrogens with one attached hydrogen (secondary N) is 6. The zero-order valence-electron chi connectivity index (χ0n) is 38.6. The van der Waals surface area contributed by atoms with Gasteiger partial charge in [-0.3, -0.25) is 48.1 Å². The van der Waals surface area contributed by atoms with E-state index in [0.29, 0.717) is 17.5 Å². The summed E-state index contributed by atoms with van der Waals surface area (Å²) in [6, 6.07) is 2.78. The second kappa shape index (κ2) is 27.9. The Morgan fingerprint density at radius 1 is 0.732 bits per heavy atom. The maximum Gasteiger partial charge on any atom is 0.326 e. The molecule has 386 valence electrons. The van der Waals surface area contributed by atoms with Gasteiger partial charge in [-0.25, -0.2) is 4.79 Å². The third-order valence-corrected chi connectivity index (χ3v) is 13.6. The molecule has 25 nitrogen and oxygen atoms in total. The molecule has 0 saturated carbocycles. The van der Waals surface area contributed by atoms with Gasteiger partial charge < -0.3 is 75.7 Å². The first-order chi connectivity index (χ1) is 33.7. The first-order valence-electron chi connectivity index (χ1n) is 22.5. The number of benzene rings is 2. The Morgan fingerprint density at radius 2 is 1.30 bits per heavy atom. The van der Waals surface area contributed by atoms with Gasteiger partial charge >= 0.3 is 5.97 Å². The number of nitrogens with two attached hydrogens (primary N) is 5. The molecule has 2 fully saturated rings. The number of carboxylic acids is 1. The van der Waals surface area contributed by atoms with Gasteiger partial charge in [0.1, 0.15) is 48.0 Å². The molecule has 2 aromatic carbocycles. The van der Waals surface area contributed by atoms with E-state index in [1.165, 1.54) is 29.2 Å². The van der Waals surface area contributed by atoms with E-state index in [1.54, 1.807) is 30.3 Å². The Morgan fingerprint density at radius 3 is 1.90 bits per heavy atom. The number of phenolic OH excluding ortho intramolecular Hbond substituents is 1. The number of rotatable bonds is 17. The summed E-state index contributed by atoms with van der Waals surface area (Å²) in [5.74, 6) is -10.2. The second-order valence-electron chi connectivity index (χ2n) is 16.8. The molecule has 2 aromatic rings. The minimum Gasteiger partial charge on any atom is -0.508 e. The minimum absolute atomic E-state index is 0.0151. The van der Waals surface area contributed by atoms with Crippen LogP contribution in [-0.4, -0.2) is 153 Å². The number of aliphatic carboxylic acids is 1. The highest BCUT2D eigenvalue weighted by atomic mass is 33.1. The average molecular weight is 1030 g/mol. The molecule has 71 heavy (non-hydrogen) atoms. The molecule has 2 aliphatic heterocycles. The molecule has 0 bridgehead atoms. The molecule has 9 amide bonds. The molecule has 2 heterocycles. The van der Waals surface area contributed by atoms with E-state index in [-0.39, 0.29) is 68.4 Å². The molecule has 0 radical (unpaired) electrons. The number of primary amides is 2. The molecule has 2 aliphatic rings. The minimum atomic E-state index is -1.78. The number of carbonyl (C=O) groups is 10. The number of carbonyl (C=O) groups excluding carboxylic acids is 9. The van der Waals surface area contributed by atoms with Crippen LogP contribution in [0.25, 0.3) is 0 Å². The van der Waals surface area contributed by atoms with Crippen LogP contribution >= 0.6 is 21.6 Å². The number of likely N-dealkylation sites (tertiary alicyclic amines) is 1. The number of nitrogens with zero attached hydrogens (tertiary/aromatic N) is 2. The predicted molar refractivity (Wildman–Crippen MR) is 261 cm³/mol. The van der Waals surface area contributed by atoms with Gasteiger partial charge in [-0.15, -0.1) is 0 Å². The fourth-order valence-corrected chi connectivity index (χ4v) is 9.77. The standard InChI is InChI=1S/C44H61N13O12S2/c45-26-21-70-71-22-32(42(67)57-17-5-9-33(57)41(66)52-28(43(68)69)8-4-16-50-44(48)49)56-40(65)31(20-35(47)60)55-37(62)27(14-15-34(46)59)51-38(63)30(18-23-6-2-1-3-7-23)54-39(64)29(53-36(26)61)19-24-10-12-25(58)13-11-24/h1-3,6-7,10-13,26-33,58H,4-5,8-9,14-22,45H2,(H2,46,59)(H2,47,60)(H,51,63)(H,52,66)(H,53,61)(H,54,64)(H,55,62)(H,56,65)(H,68,69)(H4,48,49,50)/t26-,27-,28-,29-,30-,31-,32-,33-/m0/s1. The number of aromatic hydroxyl groups is 1. The maximum absolute atomic E-state index is 14.4. The number of phenols is 1. The lowest BCUT2D eigenvalue weighted by Crippen LogP contribution is -2.61. The third kappa shape index (κ3) is 18.6. The van der Waals surface area contributed by atoms with Crippen LogP contribution in [-0.2, 0) is 60.8 Å². The molecule has 0 spiro atoms. The lowest BCUT2D eigenvalue weighted by atomic mass is 10.0. The Labute approximate surface area is 416 Å². The molecule has 18 N–H and O–H groups in total. The van der Waals surface area contributed by atoms with Crippen molar-refractivity contribution in [2.75, 3.05) is 24.6 Å². The van der Waals surface area contributed by atoms with Gasteiger partial charge in [-0.1, -0.05) is 64.1 Å². The zero-order chi connectivity index (χ0) is 52.2. The fourth-order valence-electron chi connectivity index (χ4n) is 7.49. The summed E-state index contributed by atoms with van der Waals surface area (Å²) < 4.78 is 0. The molecule has 0 aliphatic carbocycles. The van der Waals surface area contributed by atoms with Gasteiger partial charge in [-0.2, -0.15) is 0 Å². The summed E-state index contributed by atoms with van der Waals surface area (Å²) >= 11 is 0. The smallest absolute Gasteiger partial charge is 0.326 e. The summed E-state index contributed by atoms with van der Waals surface area (Å²) in [6.07, 6.45) is -1.38. The fraction of sp³-hybridized carbons (Fsp3) is 0.477. The van der Waals surface area contributed by atoms with E-state index < -0.39 is 127 Å². The van der Waals surface area contributed by atoms with Gasteiger partial charge in [0.05, 0.1) is 12.5 Å². The average Bonchev–Trinajstić information content (AvgIpc) is 3.82. The van der Waals surface area contributed by atoms with E-state index in [0.717, 1.165) is 21.6 Å².